The number of nitrogens with zero attached hydrogens (tertiary/aromatic N) is 1. The van der Waals surface area contributed by atoms with Crippen LogP contribution in [0.5, 0.6) is 0 Å². The van der Waals surface area contributed by atoms with Gasteiger partial charge in [0.1, 0.15) is 0 Å². The molecule has 1 rings (SSSR count). The second-order valence-electron chi connectivity index (χ2n) is 4.32. The van der Waals surface area contributed by atoms with Gasteiger partial charge >= 0.3 is 0 Å². The maximum atomic E-state index is 5.16. The Morgan fingerprint density at radius 1 is 1.08 bits per heavy atom. The van der Waals surface area contributed by atoms with Crippen LogP contribution in [0.15, 0.2) is 0 Å². The van der Waals surface area contributed by atoms with E-state index in [-0.39, 0.29) is 0 Å². The maximum absolute atomic E-state index is 5.16. The Hall–Kier alpha value is -0.0800. The minimum Gasteiger partial charge on any atom is -0.373 e. The molecule has 1 aliphatic heterocycles. The highest BCUT2D eigenvalue weighted by Gasteiger charge is 2.20. The van der Waals surface area contributed by atoms with Crippen molar-refractivity contribution < 1.29 is 4.74 Å². The largest absolute Gasteiger partial charge is 0.373 e. The van der Waals surface area contributed by atoms with Gasteiger partial charge in [0.05, 0.1) is 12.7 Å². The van der Waals surface area contributed by atoms with E-state index in [1.165, 1.54) is 45.1 Å². The second kappa shape index (κ2) is 6.39. The normalized spacial score (nSPS) is 21.0. The van der Waals surface area contributed by atoms with Crippen LogP contribution in [0, 0.1) is 0 Å². The van der Waals surface area contributed by atoms with Crippen molar-refractivity contribution in [2.75, 3.05) is 27.2 Å². The highest BCUT2D eigenvalue weighted by atomic mass is 16.6. The summed E-state index contributed by atoms with van der Waals surface area (Å²) in [7, 11) is 4.29. The zero-order chi connectivity index (χ0) is 9.52. The zero-order valence-corrected chi connectivity index (χ0v) is 9.09. The molecular weight excluding hydrogens is 162 g/mol. The number of unbranched alkanes of at least 4 members (excludes halogenated alkanes) is 4. The molecule has 2 heteroatoms. The van der Waals surface area contributed by atoms with Crippen LogP contribution in [-0.4, -0.2) is 38.3 Å². The van der Waals surface area contributed by atoms with E-state index in [9.17, 15) is 0 Å². The van der Waals surface area contributed by atoms with E-state index in [2.05, 4.69) is 19.0 Å². The lowest BCUT2D eigenvalue weighted by molar-refractivity contribution is 0.379. The highest BCUT2D eigenvalue weighted by Crippen LogP contribution is 2.17. The van der Waals surface area contributed by atoms with Crippen molar-refractivity contribution >= 4 is 0 Å². The van der Waals surface area contributed by atoms with Crippen LogP contribution in [-0.2, 0) is 4.74 Å². The molecule has 1 atom stereocenters. The summed E-state index contributed by atoms with van der Waals surface area (Å²) in [6.45, 7) is 2.27. The van der Waals surface area contributed by atoms with Gasteiger partial charge in [0, 0.05) is 0 Å². The van der Waals surface area contributed by atoms with Crippen molar-refractivity contribution in [3.8, 4) is 0 Å². The summed E-state index contributed by atoms with van der Waals surface area (Å²) >= 11 is 0. The van der Waals surface area contributed by atoms with E-state index in [1.54, 1.807) is 0 Å². The van der Waals surface area contributed by atoms with Crippen molar-refractivity contribution in [2.24, 2.45) is 0 Å². The molecular formula is C11H23NO. The highest BCUT2D eigenvalue weighted by molar-refractivity contribution is 4.68. The summed E-state index contributed by atoms with van der Waals surface area (Å²) in [4.78, 5) is 2.26. The minimum atomic E-state index is 0.641. The van der Waals surface area contributed by atoms with Crippen LogP contribution in [0.4, 0.5) is 0 Å². The van der Waals surface area contributed by atoms with E-state index < -0.39 is 0 Å². The first-order chi connectivity index (χ1) is 6.29. The number of epoxide rings is 1. The van der Waals surface area contributed by atoms with Gasteiger partial charge in [0.25, 0.3) is 0 Å². The topological polar surface area (TPSA) is 15.8 Å². The Morgan fingerprint density at radius 3 is 2.31 bits per heavy atom. The number of hydrogen-bond donors (Lipinski definition) is 0. The molecule has 0 radical (unpaired) electrons. The first-order valence-electron chi connectivity index (χ1n) is 5.55. The van der Waals surface area contributed by atoms with Crippen LogP contribution in [0.1, 0.15) is 38.5 Å². The Labute approximate surface area is 82.3 Å². The van der Waals surface area contributed by atoms with Crippen molar-refractivity contribution in [3.63, 3.8) is 0 Å². The molecule has 0 aromatic heterocycles. The van der Waals surface area contributed by atoms with Gasteiger partial charge in [-0.15, -0.1) is 0 Å². The van der Waals surface area contributed by atoms with Crippen LogP contribution in [0.25, 0.3) is 0 Å². The summed E-state index contributed by atoms with van der Waals surface area (Å²) in [6, 6.07) is 0. The van der Waals surface area contributed by atoms with E-state index in [1.807, 2.05) is 0 Å². The molecule has 0 amide bonds. The summed E-state index contributed by atoms with van der Waals surface area (Å²) < 4.78 is 5.16. The molecule has 0 spiro atoms. The molecule has 0 aromatic rings. The van der Waals surface area contributed by atoms with Gasteiger partial charge in [-0.3, -0.25) is 0 Å². The zero-order valence-electron chi connectivity index (χ0n) is 9.09. The summed E-state index contributed by atoms with van der Waals surface area (Å²) in [5.41, 5.74) is 0. The summed E-state index contributed by atoms with van der Waals surface area (Å²) in [5.74, 6) is 0. The van der Waals surface area contributed by atoms with Crippen LogP contribution >= 0.6 is 0 Å². The lowest BCUT2D eigenvalue weighted by Crippen LogP contribution is -2.12. The molecule has 1 fully saturated rings. The standard InChI is InChI=1S/C11H23NO/c1-12(2)9-7-5-3-4-6-8-11-10-13-11/h11H,3-10H2,1-2H3. The summed E-state index contributed by atoms with van der Waals surface area (Å²) in [6.07, 6.45) is 8.85. The fourth-order valence-electron chi connectivity index (χ4n) is 1.57. The van der Waals surface area contributed by atoms with Gasteiger partial charge in [0.2, 0.25) is 0 Å². The third-order valence-electron chi connectivity index (χ3n) is 2.53. The second-order valence-corrected chi connectivity index (χ2v) is 4.32. The van der Waals surface area contributed by atoms with Crippen LogP contribution in [0.3, 0.4) is 0 Å². The van der Waals surface area contributed by atoms with E-state index >= 15 is 0 Å². The molecule has 1 heterocycles. The van der Waals surface area contributed by atoms with E-state index in [4.69, 9.17) is 4.74 Å². The average Bonchev–Trinajstić information content (AvgIpc) is 2.86. The number of rotatable bonds is 8. The average molecular weight is 185 g/mol. The quantitative estimate of drug-likeness (QED) is 0.426. The van der Waals surface area contributed by atoms with Gasteiger partial charge in [0.15, 0.2) is 0 Å². The fourth-order valence-corrected chi connectivity index (χ4v) is 1.57. The predicted octanol–water partition coefficient (Wildman–Crippen LogP) is 2.29. The molecule has 0 aromatic carbocycles. The first-order valence-corrected chi connectivity index (χ1v) is 5.55. The Kier molecular flexibility index (Phi) is 5.40. The smallest absolute Gasteiger partial charge is 0.0810 e. The molecule has 1 unspecified atom stereocenters. The molecule has 0 bridgehead atoms. The van der Waals surface area contributed by atoms with Gasteiger partial charge in [-0.2, -0.15) is 0 Å². The van der Waals surface area contributed by atoms with Gasteiger partial charge in [-0.25, -0.2) is 0 Å². The fraction of sp³-hybridized carbons (Fsp3) is 1.00. The van der Waals surface area contributed by atoms with E-state index in [0.717, 1.165) is 6.61 Å². The van der Waals surface area contributed by atoms with Crippen LogP contribution in [0.2, 0.25) is 0 Å². The Morgan fingerprint density at radius 2 is 1.69 bits per heavy atom. The molecule has 1 aliphatic rings. The third kappa shape index (κ3) is 7.03. The van der Waals surface area contributed by atoms with Gasteiger partial charge in [-0.1, -0.05) is 25.7 Å². The van der Waals surface area contributed by atoms with Crippen molar-refractivity contribution in [1.29, 1.82) is 0 Å². The SMILES string of the molecule is CN(C)CCCCCCCC1CO1. The first kappa shape index (κ1) is 11.0. The minimum absolute atomic E-state index is 0.641. The van der Waals surface area contributed by atoms with Gasteiger partial charge < -0.3 is 9.64 Å². The lowest BCUT2D eigenvalue weighted by atomic mass is 10.1. The molecule has 0 aliphatic carbocycles. The number of ether oxygens (including phenoxy) is 1. The summed E-state index contributed by atoms with van der Waals surface area (Å²) in [5, 5.41) is 0. The third-order valence-corrected chi connectivity index (χ3v) is 2.53. The molecule has 13 heavy (non-hydrogen) atoms. The molecule has 2 nitrogen and oxygen atoms in total. The van der Waals surface area contributed by atoms with Crippen molar-refractivity contribution in [2.45, 2.75) is 44.6 Å². The monoisotopic (exact) mass is 185 g/mol. The van der Waals surface area contributed by atoms with Crippen molar-refractivity contribution in [1.82, 2.24) is 4.90 Å². The molecule has 78 valence electrons. The van der Waals surface area contributed by atoms with Gasteiger partial charge in [-0.05, 0) is 33.5 Å². The maximum Gasteiger partial charge on any atom is 0.0810 e. The predicted molar refractivity (Wildman–Crippen MR) is 56.0 cm³/mol. The Bertz CT molecular complexity index is 115. The number of hydrogen-bond acceptors (Lipinski definition) is 2. The van der Waals surface area contributed by atoms with Crippen molar-refractivity contribution in [3.05, 3.63) is 0 Å². The molecule has 1 saturated heterocycles. The van der Waals surface area contributed by atoms with E-state index in [0.29, 0.717) is 6.10 Å². The molecule has 0 N–H and O–H groups in total. The lowest BCUT2D eigenvalue weighted by Gasteiger charge is -2.08. The van der Waals surface area contributed by atoms with Crippen LogP contribution < -0.4 is 0 Å². The molecule has 0 saturated carbocycles. The Balaban J connectivity index is 1.68.